The lowest BCUT2D eigenvalue weighted by Gasteiger charge is -2.41. The first kappa shape index (κ1) is 12.7. The number of anilines is 2. The monoisotopic (exact) mass is 275 g/mol. The Morgan fingerprint density at radius 3 is 2.65 bits per heavy atom. The quantitative estimate of drug-likeness (QED) is 0.532. The van der Waals surface area contributed by atoms with Crippen molar-refractivity contribution < 1.29 is 0 Å². The SMILES string of the molecule is CCC1(Nc2nc(NN)nc(-n3cncn3)n2)CCC1. The van der Waals surface area contributed by atoms with Crippen molar-refractivity contribution in [3.8, 4) is 5.95 Å². The summed E-state index contributed by atoms with van der Waals surface area (Å²) in [7, 11) is 0. The van der Waals surface area contributed by atoms with Crippen molar-refractivity contribution in [2.24, 2.45) is 5.84 Å². The molecule has 0 unspecified atom stereocenters. The fourth-order valence-electron chi connectivity index (χ4n) is 2.31. The number of nitrogens with zero attached hydrogens (tertiary/aromatic N) is 6. The van der Waals surface area contributed by atoms with Gasteiger partial charge in [-0.1, -0.05) is 6.92 Å². The highest BCUT2D eigenvalue weighted by atomic mass is 15.4. The second-order valence-electron chi connectivity index (χ2n) is 4.88. The molecule has 106 valence electrons. The van der Waals surface area contributed by atoms with Crippen LogP contribution in [0.25, 0.3) is 5.95 Å². The van der Waals surface area contributed by atoms with Crippen LogP contribution in [-0.4, -0.2) is 35.3 Å². The van der Waals surface area contributed by atoms with E-state index in [-0.39, 0.29) is 5.54 Å². The van der Waals surface area contributed by atoms with Crippen LogP contribution >= 0.6 is 0 Å². The maximum absolute atomic E-state index is 5.41. The molecule has 9 heteroatoms. The summed E-state index contributed by atoms with van der Waals surface area (Å²) >= 11 is 0. The van der Waals surface area contributed by atoms with Gasteiger partial charge in [0.2, 0.25) is 11.9 Å². The molecule has 0 aliphatic heterocycles. The van der Waals surface area contributed by atoms with E-state index in [9.17, 15) is 0 Å². The summed E-state index contributed by atoms with van der Waals surface area (Å²) in [6.45, 7) is 2.16. The molecule has 0 aromatic carbocycles. The maximum Gasteiger partial charge on any atom is 0.258 e. The van der Waals surface area contributed by atoms with Crippen LogP contribution in [0.4, 0.5) is 11.9 Å². The molecule has 0 atom stereocenters. The summed E-state index contributed by atoms with van der Waals surface area (Å²) < 4.78 is 1.47. The summed E-state index contributed by atoms with van der Waals surface area (Å²) in [5.74, 6) is 6.57. The van der Waals surface area contributed by atoms with Crippen LogP contribution in [0.1, 0.15) is 32.6 Å². The molecule has 0 amide bonds. The largest absolute Gasteiger partial charge is 0.349 e. The van der Waals surface area contributed by atoms with E-state index in [2.05, 4.69) is 42.7 Å². The summed E-state index contributed by atoms with van der Waals surface area (Å²) in [4.78, 5) is 16.7. The molecule has 20 heavy (non-hydrogen) atoms. The molecule has 2 aromatic rings. The molecule has 1 aliphatic carbocycles. The van der Waals surface area contributed by atoms with Crippen LogP contribution < -0.4 is 16.6 Å². The Kier molecular flexibility index (Phi) is 3.18. The molecule has 2 heterocycles. The van der Waals surface area contributed by atoms with Crippen LogP contribution in [0.3, 0.4) is 0 Å². The molecule has 1 aliphatic rings. The predicted molar refractivity (Wildman–Crippen MR) is 73.0 cm³/mol. The lowest BCUT2D eigenvalue weighted by molar-refractivity contribution is 0.268. The fraction of sp³-hybridized carbons (Fsp3) is 0.545. The van der Waals surface area contributed by atoms with Gasteiger partial charge < -0.3 is 5.32 Å². The lowest BCUT2D eigenvalue weighted by atomic mass is 9.75. The molecule has 9 nitrogen and oxygen atoms in total. The number of hydrazine groups is 1. The van der Waals surface area contributed by atoms with Gasteiger partial charge in [-0.05, 0) is 25.7 Å². The standard InChI is InChI=1S/C11H17N9/c1-2-11(4-3-5-11)18-8-15-9(19-12)17-10(16-8)20-7-13-6-14-20/h6-7H,2-5,12H2,1H3,(H2,15,16,17,18,19). The number of nitrogen functional groups attached to an aromatic ring is 1. The molecule has 2 aromatic heterocycles. The smallest absolute Gasteiger partial charge is 0.258 e. The number of hydrogen-bond donors (Lipinski definition) is 3. The number of hydrogen-bond acceptors (Lipinski definition) is 8. The Bertz CT molecular complexity index is 570. The number of nitrogens with two attached hydrogens (primary N) is 1. The molecule has 0 saturated heterocycles. The van der Waals surface area contributed by atoms with Gasteiger partial charge in [0.05, 0.1) is 0 Å². The van der Waals surface area contributed by atoms with E-state index in [4.69, 9.17) is 5.84 Å². The first-order chi connectivity index (χ1) is 9.74. The molecular formula is C11H17N9. The van der Waals surface area contributed by atoms with Crippen LogP contribution in [0.2, 0.25) is 0 Å². The lowest BCUT2D eigenvalue weighted by Crippen LogP contribution is -2.45. The van der Waals surface area contributed by atoms with Crippen molar-refractivity contribution in [1.29, 1.82) is 0 Å². The van der Waals surface area contributed by atoms with Gasteiger partial charge in [-0.3, -0.25) is 5.43 Å². The minimum absolute atomic E-state index is 0.0901. The van der Waals surface area contributed by atoms with Gasteiger partial charge in [0.1, 0.15) is 12.7 Å². The number of rotatable bonds is 5. The molecule has 0 bridgehead atoms. The Balaban J connectivity index is 1.92. The number of nitrogens with one attached hydrogen (secondary N) is 2. The van der Waals surface area contributed by atoms with Crippen molar-refractivity contribution in [2.45, 2.75) is 38.1 Å². The highest BCUT2D eigenvalue weighted by Crippen LogP contribution is 2.37. The zero-order valence-electron chi connectivity index (χ0n) is 11.2. The van der Waals surface area contributed by atoms with E-state index in [1.807, 2.05) is 0 Å². The Hall–Kier alpha value is -2.29. The van der Waals surface area contributed by atoms with Gasteiger partial charge in [0, 0.05) is 5.54 Å². The van der Waals surface area contributed by atoms with Crippen LogP contribution in [-0.2, 0) is 0 Å². The minimum Gasteiger partial charge on any atom is -0.349 e. The van der Waals surface area contributed by atoms with Crippen molar-refractivity contribution in [1.82, 2.24) is 29.7 Å². The third-order valence-corrected chi connectivity index (χ3v) is 3.74. The second-order valence-corrected chi connectivity index (χ2v) is 4.88. The van der Waals surface area contributed by atoms with Crippen molar-refractivity contribution in [3.05, 3.63) is 12.7 Å². The summed E-state index contributed by atoms with van der Waals surface area (Å²) in [5, 5.41) is 7.41. The molecule has 1 saturated carbocycles. The highest BCUT2D eigenvalue weighted by molar-refractivity contribution is 5.39. The van der Waals surface area contributed by atoms with Gasteiger partial charge in [-0.2, -0.15) is 24.7 Å². The van der Waals surface area contributed by atoms with E-state index < -0.39 is 0 Å². The summed E-state index contributed by atoms with van der Waals surface area (Å²) in [5.41, 5.74) is 2.54. The molecule has 0 spiro atoms. The Morgan fingerprint density at radius 2 is 2.10 bits per heavy atom. The number of aromatic nitrogens is 6. The third kappa shape index (κ3) is 2.27. The Morgan fingerprint density at radius 1 is 1.30 bits per heavy atom. The summed E-state index contributed by atoms with van der Waals surface area (Å²) in [6.07, 6.45) is 7.45. The third-order valence-electron chi connectivity index (χ3n) is 3.74. The van der Waals surface area contributed by atoms with E-state index in [0.29, 0.717) is 17.8 Å². The second kappa shape index (κ2) is 5.00. The topological polar surface area (TPSA) is 119 Å². The van der Waals surface area contributed by atoms with Gasteiger partial charge in [0.25, 0.3) is 5.95 Å². The Labute approximate surface area is 116 Å². The minimum atomic E-state index is 0.0901. The first-order valence-electron chi connectivity index (χ1n) is 6.60. The average Bonchev–Trinajstić information content (AvgIpc) is 2.96. The maximum atomic E-state index is 5.41. The zero-order chi connectivity index (χ0) is 14.0. The molecule has 1 fully saturated rings. The fourth-order valence-corrected chi connectivity index (χ4v) is 2.31. The van der Waals surface area contributed by atoms with Gasteiger partial charge in [0.15, 0.2) is 0 Å². The highest BCUT2D eigenvalue weighted by Gasteiger charge is 2.35. The molecule has 0 radical (unpaired) electrons. The van der Waals surface area contributed by atoms with Gasteiger partial charge in [-0.15, -0.1) is 0 Å². The predicted octanol–water partition coefficient (Wildman–Crippen LogP) is 0.482. The van der Waals surface area contributed by atoms with E-state index in [1.54, 1.807) is 0 Å². The van der Waals surface area contributed by atoms with Crippen molar-refractivity contribution >= 4 is 11.9 Å². The molecule has 4 N–H and O–H groups in total. The van der Waals surface area contributed by atoms with Crippen LogP contribution in [0.15, 0.2) is 12.7 Å². The first-order valence-corrected chi connectivity index (χ1v) is 6.60. The zero-order valence-corrected chi connectivity index (χ0v) is 11.2. The van der Waals surface area contributed by atoms with Crippen molar-refractivity contribution in [2.75, 3.05) is 10.7 Å². The average molecular weight is 275 g/mol. The van der Waals surface area contributed by atoms with Crippen molar-refractivity contribution in [3.63, 3.8) is 0 Å². The van der Waals surface area contributed by atoms with Crippen LogP contribution in [0.5, 0.6) is 0 Å². The van der Waals surface area contributed by atoms with E-state index in [1.165, 1.54) is 23.8 Å². The van der Waals surface area contributed by atoms with E-state index >= 15 is 0 Å². The normalized spacial score (nSPS) is 16.5. The van der Waals surface area contributed by atoms with E-state index in [0.717, 1.165) is 19.3 Å². The molecular weight excluding hydrogens is 258 g/mol. The van der Waals surface area contributed by atoms with Gasteiger partial charge in [-0.25, -0.2) is 10.8 Å². The van der Waals surface area contributed by atoms with Crippen LogP contribution in [0, 0.1) is 0 Å². The molecule has 3 rings (SSSR count). The summed E-state index contributed by atoms with van der Waals surface area (Å²) in [6, 6.07) is 0. The van der Waals surface area contributed by atoms with Gasteiger partial charge >= 0.3 is 0 Å².